The van der Waals surface area contributed by atoms with Crippen molar-refractivity contribution in [2.75, 3.05) is 13.2 Å². The molecule has 0 aromatic heterocycles. The molecule has 0 radical (unpaired) electrons. The van der Waals surface area contributed by atoms with Gasteiger partial charge in [0.2, 0.25) is 11.8 Å². The second-order valence-corrected chi connectivity index (χ2v) is 12.1. The lowest BCUT2D eigenvalue weighted by Gasteiger charge is -2.56. The molecule has 1 saturated heterocycles. The topological polar surface area (TPSA) is 115 Å². The van der Waals surface area contributed by atoms with E-state index < -0.39 is 53.3 Å². The molecule has 6 aliphatic rings. The lowest BCUT2D eigenvalue weighted by Crippen LogP contribution is -2.70. The first-order valence-electron chi connectivity index (χ1n) is 13.5. The summed E-state index contributed by atoms with van der Waals surface area (Å²) in [5.41, 5.74) is -1.38. The van der Waals surface area contributed by atoms with Crippen molar-refractivity contribution in [1.29, 1.82) is 0 Å². The fraction of sp³-hybridized carbons (Fsp3) is 0.920. The summed E-state index contributed by atoms with van der Waals surface area (Å²) in [7, 11) is 0. The van der Waals surface area contributed by atoms with Gasteiger partial charge in [-0.05, 0) is 57.8 Å². The summed E-state index contributed by atoms with van der Waals surface area (Å²) in [4.78, 5) is 25.3. The molecule has 0 aromatic rings. The van der Waals surface area contributed by atoms with Crippen LogP contribution in [0.25, 0.3) is 0 Å². The van der Waals surface area contributed by atoms with Gasteiger partial charge in [0.15, 0.2) is 0 Å². The summed E-state index contributed by atoms with van der Waals surface area (Å²) in [6.45, 7) is -0.433. The number of amides is 2. The minimum atomic E-state index is -3.58. The van der Waals surface area contributed by atoms with Crippen LogP contribution in [0.2, 0.25) is 0 Å². The molecule has 0 spiro atoms. The number of carbonyl (C=O) groups excluding carboxylic acids is 2. The van der Waals surface area contributed by atoms with Crippen LogP contribution in [0.1, 0.15) is 70.6 Å². The Morgan fingerprint density at radius 1 is 0.895 bits per heavy atom. The lowest BCUT2D eigenvalue weighted by atomic mass is 9.60. The maximum Gasteiger partial charge on any atom is 0.486 e. The van der Waals surface area contributed by atoms with Crippen LogP contribution in [0.15, 0.2) is 0 Å². The number of alkyl halides is 4. The van der Waals surface area contributed by atoms with Gasteiger partial charge < -0.3 is 25.2 Å². The highest BCUT2D eigenvalue weighted by atomic mass is 35.5. The summed E-state index contributed by atoms with van der Waals surface area (Å²) < 4.78 is 60.9. The number of hydrogen-bond acceptors (Lipinski definition) is 7. The molecule has 2 amide bonds. The van der Waals surface area contributed by atoms with Gasteiger partial charge in [-0.2, -0.15) is 0 Å². The third kappa shape index (κ3) is 6.25. The summed E-state index contributed by atoms with van der Waals surface area (Å²) in [6, 6.07) is 0. The van der Waals surface area contributed by atoms with Gasteiger partial charge in [0, 0.05) is 18.4 Å². The van der Waals surface area contributed by atoms with Crippen molar-refractivity contribution in [3.05, 3.63) is 0 Å². The summed E-state index contributed by atoms with van der Waals surface area (Å²) in [6.07, 6.45) is -2.97. The first-order valence-corrected chi connectivity index (χ1v) is 14.0. The van der Waals surface area contributed by atoms with Crippen molar-refractivity contribution in [3.63, 3.8) is 0 Å². The van der Waals surface area contributed by atoms with Crippen LogP contribution in [-0.2, 0) is 28.5 Å². The number of ether oxygens (including phenoxy) is 4. The second-order valence-electron chi connectivity index (χ2n) is 11.6. The van der Waals surface area contributed by atoms with Gasteiger partial charge in [-0.3, -0.25) is 19.1 Å². The van der Waals surface area contributed by atoms with E-state index in [0.29, 0.717) is 57.8 Å². The van der Waals surface area contributed by atoms with Gasteiger partial charge in [0.25, 0.3) is 0 Å². The Morgan fingerprint density at radius 2 is 1.50 bits per heavy atom. The average molecular weight is 569 g/mol. The average Bonchev–Trinajstić information content (AvgIpc) is 3.17. The molecule has 1 heterocycles. The Morgan fingerprint density at radius 3 is 2.16 bits per heavy atom. The van der Waals surface area contributed by atoms with E-state index in [-0.39, 0.29) is 44.0 Å². The van der Waals surface area contributed by atoms with Crippen LogP contribution in [0.3, 0.4) is 0 Å². The van der Waals surface area contributed by atoms with Crippen LogP contribution in [-0.4, -0.2) is 89.6 Å². The zero-order valence-corrected chi connectivity index (χ0v) is 21.9. The highest BCUT2D eigenvalue weighted by molar-refractivity contribution is 6.21. The number of fused-ring (bicyclic) bond motifs is 4. The molecule has 216 valence electrons. The number of rotatable bonds is 8. The first-order chi connectivity index (χ1) is 18.0. The third-order valence-electron chi connectivity index (χ3n) is 8.92. The van der Waals surface area contributed by atoms with Crippen LogP contribution < -0.4 is 10.6 Å². The van der Waals surface area contributed by atoms with E-state index in [1.165, 1.54) is 0 Å². The fourth-order valence-corrected chi connectivity index (χ4v) is 6.97. The van der Waals surface area contributed by atoms with Crippen LogP contribution in [0.4, 0.5) is 13.2 Å². The van der Waals surface area contributed by atoms with Gasteiger partial charge in [0.05, 0.1) is 41.4 Å². The Bertz CT molecular complexity index is 891. The van der Waals surface area contributed by atoms with E-state index in [0.717, 1.165) is 0 Å². The summed E-state index contributed by atoms with van der Waals surface area (Å²) >= 11 is 5.90. The van der Waals surface area contributed by atoms with Crippen molar-refractivity contribution in [1.82, 2.24) is 10.6 Å². The van der Waals surface area contributed by atoms with E-state index in [9.17, 15) is 27.9 Å². The zero-order chi connectivity index (χ0) is 27.1. The minimum Gasteiger partial charge on any atom is -0.391 e. The fourth-order valence-electron chi connectivity index (χ4n) is 6.74. The highest BCUT2D eigenvalue weighted by Gasteiger charge is 2.55. The van der Waals surface area contributed by atoms with Crippen molar-refractivity contribution in [2.45, 2.75) is 130 Å². The van der Waals surface area contributed by atoms with Gasteiger partial charge in [-0.25, -0.2) is 4.39 Å². The van der Waals surface area contributed by atoms with Crippen LogP contribution in [0.5, 0.6) is 0 Å². The number of carbonyl (C=O) groups is 2. The predicted molar refractivity (Wildman–Crippen MR) is 127 cm³/mol. The number of nitrogens with one attached hydrogen (secondary N) is 2. The smallest absolute Gasteiger partial charge is 0.391 e. The maximum atomic E-state index is 13.8. The molecular weight excluding hydrogens is 533 g/mol. The molecule has 38 heavy (non-hydrogen) atoms. The Hall–Kier alpha value is -1.18. The molecule has 0 aromatic carbocycles. The molecule has 7 atom stereocenters. The Kier molecular flexibility index (Phi) is 8.21. The number of hydrogen-bond donors (Lipinski definition) is 3. The van der Waals surface area contributed by atoms with Gasteiger partial charge >= 0.3 is 6.29 Å². The first kappa shape index (κ1) is 28.4. The zero-order valence-electron chi connectivity index (χ0n) is 21.1. The van der Waals surface area contributed by atoms with Gasteiger partial charge in [-0.1, -0.05) is 0 Å². The molecule has 6 fully saturated rings. The van der Waals surface area contributed by atoms with Gasteiger partial charge in [-0.15, -0.1) is 20.4 Å². The molecule has 3 N–H and O–H groups in total. The van der Waals surface area contributed by atoms with E-state index in [1.54, 1.807) is 0 Å². The van der Waals surface area contributed by atoms with Crippen molar-refractivity contribution >= 4 is 23.4 Å². The van der Waals surface area contributed by atoms with E-state index >= 15 is 0 Å². The normalized spacial score (nSPS) is 43.9. The maximum absolute atomic E-state index is 13.8. The third-order valence-corrected chi connectivity index (χ3v) is 9.41. The predicted octanol–water partition coefficient (Wildman–Crippen LogP) is 2.45. The van der Waals surface area contributed by atoms with Crippen molar-refractivity contribution in [3.8, 4) is 0 Å². The second kappa shape index (κ2) is 11.0. The molecule has 7 unspecified atom stereocenters. The number of aliphatic hydroxyl groups excluding tert-OH is 1. The monoisotopic (exact) mass is 568 g/mol. The molecule has 13 heteroatoms. The highest BCUT2D eigenvalue weighted by Crippen LogP contribution is 2.47. The number of halogens is 4. The Labute approximate surface area is 224 Å². The molecule has 9 nitrogen and oxygen atoms in total. The number of aliphatic hydroxyl groups is 1. The van der Waals surface area contributed by atoms with E-state index in [4.69, 9.17) is 21.1 Å². The van der Waals surface area contributed by atoms with Crippen LogP contribution >= 0.6 is 11.6 Å². The molecule has 6 rings (SSSR count). The van der Waals surface area contributed by atoms with Gasteiger partial charge in [0.1, 0.15) is 19.4 Å². The van der Waals surface area contributed by atoms with Crippen LogP contribution in [0, 0.1) is 0 Å². The summed E-state index contributed by atoms with van der Waals surface area (Å²) in [5.74, 6) is -0.693. The van der Waals surface area contributed by atoms with Crippen molar-refractivity contribution in [2.24, 2.45) is 0 Å². The van der Waals surface area contributed by atoms with Crippen molar-refractivity contribution < 1.29 is 46.8 Å². The van der Waals surface area contributed by atoms with E-state index in [2.05, 4.69) is 20.1 Å². The van der Waals surface area contributed by atoms with E-state index in [1.807, 2.05) is 0 Å². The molecule has 1 aliphatic heterocycles. The summed E-state index contributed by atoms with van der Waals surface area (Å²) in [5, 5.41) is 16.4. The molecular formula is C25H36ClF3N2O7. The SMILES string of the molecule is O=C(COC1CCC(Cl)C(F)C1)NC12CCC(NC(=O)COC3CCC4OC(F)(F)OC4C3)(CC1)C(O)C2. The molecule has 5 saturated carbocycles. The molecule has 2 bridgehead atoms. The lowest BCUT2D eigenvalue weighted by molar-refractivity contribution is -0.351. The minimum absolute atomic E-state index is 0.178. The largest absolute Gasteiger partial charge is 0.486 e. The molecule has 5 aliphatic carbocycles. The Balaban J connectivity index is 1.04. The quantitative estimate of drug-likeness (QED) is 0.385. The standard InChI is InChI=1S/C25H36ClF3N2O7/c26-16-3-1-14(9-17(16)27)35-12-21(33)30-23-5-7-24(8-6-23,20(32)11-23)31-22(34)13-36-15-2-4-18-19(10-15)38-25(28,29)37-18/h14-20,32H,1-13H2,(H,30,33)(H,31,34).